The zero-order chi connectivity index (χ0) is 12.1. The van der Waals surface area contributed by atoms with Crippen LogP contribution in [0.3, 0.4) is 0 Å². The van der Waals surface area contributed by atoms with Crippen molar-refractivity contribution in [1.29, 1.82) is 0 Å². The van der Waals surface area contributed by atoms with E-state index >= 15 is 0 Å². The lowest BCUT2D eigenvalue weighted by atomic mass is 9.86. The number of piperidine rings is 1. The van der Waals surface area contributed by atoms with Crippen LogP contribution in [0.4, 0.5) is 0 Å². The van der Waals surface area contributed by atoms with E-state index in [1.165, 1.54) is 12.8 Å². The molecule has 3 heteroatoms. The van der Waals surface area contributed by atoms with E-state index in [4.69, 9.17) is 0 Å². The van der Waals surface area contributed by atoms with E-state index in [-0.39, 0.29) is 0 Å². The average molecular weight is 239 g/mol. The molecular formula is C13H25NOSi. The lowest BCUT2D eigenvalue weighted by Crippen LogP contribution is -2.53. The van der Waals surface area contributed by atoms with Gasteiger partial charge in [0.15, 0.2) is 0 Å². The Kier molecular flexibility index (Phi) is 2.84. The van der Waals surface area contributed by atoms with Crippen LogP contribution in [0.25, 0.3) is 0 Å². The monoisotopic (exact) mass is 239 g/mol. The molecule has 2 fully saturated rings. The standard InChI is InChI=1S/C13H25NOSi/c1-10(16(3,4)5)13(15)8-11-6-7-12(9-13)14(11)2/h11-12,15H,1,6-9H2,2-5H3. The van der Waals surface area contributed by atoms with Gasteiger partial charge in [0.05, 0.1) is 13.7 Å². The molecular weight excluding hydrogens is 214 g/mol. The molecule has 0 aliphatic carbocycles. The highest BCUT2D eigenvalue weighted by Gasteiger charge is 2.49. The second kappa shape index (κ2) is 3.69. The van der Waals surface area contributed by atoms with Crippen LogP contribution in [0.5, 0.6) is 0 Å². The third-order valence-electron chi connectivity index (χ3n) is 4.60. The van der Waals surface area contributed by atoms with E-state index in [1.54, 1.807) is 0 Å². The van der Waals surface area contributed by atoms with Crippen molar-refractivity contribution in [2.45, 2.75) is 63.0 Å². The maximum absolute atomic E-state index is 10.9. The molecule has 2 atom stereocenters. The summed E-state index contributed by atoms with van der Waals surface area (Å²) in [6.07, 6.45) is 4.32. The molecule has 1 N–H and O–H groups in total. The van der Waals surface area contributed by atoms with Crippen molar-refractivity contribution in [3.05, 3.63) is 11.8 Å². The molecule has 2 aliphatic heterocycles. The molecule has 2 rings (SSSR count). The van der Waals surface area contributed by atoms with Gasteiger partial charge in [0.1, 0.15) is 0 Å². The SMILES string of the molecule is C=C(C1(O)CC2CCC(C1)N2C)[Si](C)(C)C. The van der Waals surface area contributed by atoms with Crippen LogP contribution in [-0.4, -0.2) is 42.8 Å². The van der Waals surface area contributed by atoms with Crippen molar-refractivity contribution >= 4 is 8.07 Å². The Labute approximate surface area is 100 Å². The minimum absolute atomic E-state index is 0.567. The highest BCUT2D eigenvalue weighted by Crippen LogP contribution is 2.44. The van der Waals surface area contributed by atoms with Crippen molar-refractivity contribution in [3.8, 4) is 0 Å². The molecule has 0 spiro atoms. The molecule has 0 aromatic heterocycles. The van der Waals surface area contributed by atoms with Crippen LogP contribution >= 0.6 is 0 Å². The fraction of sp³-hybridized carbons (Fsp3) is 0.846. The molecule has 0 radical (unpaired) electrons. The van der Waals surface area contributed by atoms with Gasteiger partial charge in [-0.15, -0.1) is 6.58 Å². The first-order valence-corrected chi connectivity index (χ1v) is 9.88. The maximum atomic E-state index is 10.9. The number of aliphatic hydroxyl groups is 1. The van der Waals surface area contributed by atoms with Crippen molar-refractivity contribution in [3.63, 3.8) is 0 Å². The minimum Gasteiger partial charge on any atom is -0.386 e. The largest absolute Gasteiger partial charge is 0.386 e. The predicted molar refractivity (Wildman–Crippen MR) is 71.2 cm³/mol. The summed E-state index contributed by atoms with van der Waals surface area (Å²) in [5, 5.41) is 12.0. The van der Waals surface area contributed by atoms with Gasteiger partial charge < -0.3 is 10.0 Å². The number of rotatable bonds is 2. The van der Waals surface area contributed by atoms with E-state index in [9.17, 15) is 5.11 Å². The summed E-state index contributed by atoms with van der Waals surface area (Å²) in [5.74, 6) is 0. The fourth-order valence-electron chi connectivity index (χ4n) is 3.39. The summed E-state index contributed by atoms with van der Waals surface area (Å²) in [6, 6.07) is 1.16. The van der Waals surface area contributed by atoms with E-state index in [1.807, 2.05) is 0 Å². The van der Waals surface area contributed by atoms with Crippen molar-refractivity contribution in [2.24, 2.45) is 0 Å². The Morgan fingerprint density at radius 1 is 1.25 bits per heavy atom. The summed E-state index contributed by atoms with van der Waals surface area (Å²) in [7, 11) is 0.771. The summed E-state index contributed by atoms with van der Waals surface area (Å²) in [5.41, 5.74) is -0.567. The van der Waals surface area contributed by atoms with Crippen LogP contribution in [0.15, 0.2) is 11.8 Å². The molecule has 0 aromatic carbocycles. The van der Waals surface area contributed by atoms with Gasteiger partial charge in [-0.2, -0.15) is 0 Å². The molecule has 2 heterocycles. The Morgan fingerprint density at radius 3 is 2.06 bits per heavy atom. The predicted octanol–water partition coefficient (Wildman–Crippen LogP) is 2.41. The quantitative estimate of drug-likeness (QED) is 0.748. The van der Waals surface area contributed by atoms with Crippen LogP contribution in [0.2, 0.25) is 19.6 Å². The highest BCUT2D eigenvalue weighted by atomic mass is 28.3. The molecule has 2 saturated heterocycles. The molecule has 0 amide bonds. The van der Waals surface area contributed by atoms with Gasteiger partial charge in [0.2, 0.25) is 0 Å². The van der Waals surface area contributed by atoms with Gasteiger partial charge in [-0.25, -0.2) is 0 Å². The highest BCUT2D eigenvalue weighted by molar-refractivity contribution is 6.83. The molecule has 92 valence electrons. The Hall–Kier alpha value is -0.123. The maximum Gasteiger partial charge on any atom is 0.0849 e. The summed E-state index contributed by atoms with van der Waals surface area (Å²) >= 11 is 0. The van der Waals surface area contributed by atoms with E-state index < -0.39 is 13.7 Å². The lowest BCUT2D eigenvalue weighted by Gasteiger charge is -2.46. The molecule has 0 aromatic rings. The zero-order valence-corrected chi connectivity index (χ0v) is 12.1. The van der Waals surface area contributed by atoms with Crippen molar-refractivity contribution < 1.29 is 5.11 Å². The van der Waals surface area contributed by atoms with E-state index in [0.29, 0.717) is 12.1 Å². The van der Waals surface area contributed by atoms with E-state index in [0.717, 1.165) is 18.0 Å². The minimum atomic E-state index is -1.44. The Balaban J connectivity index is 2.20. The first-order chi connectivity index (χ1) is 7.24. The third-order valence-corrected chi connectivity index (χ3v) is 6.87. The van der Waals surface area contributed by atoms with Gasteiger partial charge in [-0.05, 0) is 32.7 Å². The molecule has 2 bridgehead atoms. The fourth-order valence-corrected chi connectivity index (χ4v) is 4.99. The van der Waals surface area contributed by atoms with Crippen LogP contribution in [0.1, 0.15) is 25.7 Å². The zero-order valence-electron chi connectivity index (χ0n) is 11.1. The second-order valence-electron chi connectivity index (χ2n) is 6.72. The molecule has 0 saturated carbocycles. The first kappa shape index (κ1) is 12.3. The van der Waals surface area contributed by atoms with Gasteiger partial charge in [0.25, 0.3) is 0 Å². The van der Waals surface area contributed by atoms with Crippen molar-refractivity contribution in [2.75, 3.05) is 7.05 Å². The van der Waals surface area contributed by atoms with Gasteiger partial charge >= 0.3 is 0 Å². The van der Waals surface area contributed by atoms with Crippen LogP contribution in [-0.2, 0) is 0 Å². The van der Waals surface area contributed by atoms with Gasteiger partial charge in [-0.1, -0.05) is 24.8 Å². The van der Waals surface area contributed by atoms with E-state index in [2.05, 4.69) is 38.2 Å². The Morgan fingerprint density at radius 2 is 1.69 bits per heavy atom. The second-order valence-corrected chi connectivity index (χ2v) is 11.8. The average Bonchev–Trinajstić information content (AvgIpc) is 2.40. The first-order valence-electron chi connectivity index (χ1n) is 6.38. The van der Waals surface area contributed by atoms with Crippen LogP contribution in [0, 0.1) is 0 Å². The molecule has 2 aliphatic rings. The van der Waals surface area contributed by atoms with Gasteiger partial charge in [-0.3, -0.25) is 0 Å². The van der Waals surface area contributed by atoms with Crippen molar-refractivity contribution in [1.82, 2.24) is 4.90 Å². The summed E-state index contributed by atoms with van der Waals surface area (Å²) in [4.78, 5) is 2.46. The number of hydrogen-bond acceptors (Lipinski definition) is 2. The lowest BCUT2D eigenvalue weighted by molar-refractivity contribution is -0.0116. The van der Waals surface area contributed by atoms with Crippen LogP contribution < -0.4 is 0 Å². The topological polar surface area (TPSA) is 23.5 Å². The third kappa shape index (κ3) is 1.89. The molecule has 2 nitrogen and oxygen atoms in total. The molecule has 16 heavy (non-hydrogen) atoms. The summed E-state index contributed by atoms with van der Waals surface area (Å²) < 4.78 is 0. The number of hydrogen-bond donors (Lipinski definition) is 1. The summed E-state index contributed by atoms with van der Waals surface area (Å²) in [6.45, 7) is 11.1. The number of fused-ring (bicyclic) bond motifs is 2. The van der Waals surface area contributed by atoms with Gasteiger partial charge in [0, 0.05) is 12.1 Å². The number of nitrogens with zero attached hydrogens (tertiary/aromatic N) is 1. The normalized spacial score (nSPS) is 40.1. The Bertz CT molecular complexity index is 294. The smallest absolute Gasteiger partial charge is 0.0849 e. The molecule has 2 unspecified atom stereocenters.